The van der Waals surface area contributed by atoms with Crippen molar-refractivity contribution in [1.29, 1.82) is 0 Å². The molecule has 0 unspecified atom stereocenters. The fraction of sp³-hybridized carbons (Fsp3) is 0.231. The zero-order valence-electron chi connectivity index (χ0n) is 11.2. The molecule has 0 radical (unpaired) electrons. The van der Waals surface area contributed by atoms with Crippen LogP contribution in [-0.2, 0) is 0 Å². The molecule has 7 heteroatoms. The standard InChI is InChI=1S/C13H12N4O2S/c1-7-12(8(2)18)20-13(14-7)17-15-10-5-4-9(19-3)6-11(10)16-17/h4-6H,1-3H3. The third kappa shape index (κ3) is 2.05. The van der Waals surface area contributed by atoms with E-state index in [0.29, 0.717) is 15.7 Å². The molecule has 20 heavy (non-hydrogen) atoms. The molecule has 0 aliphatic rings. The van der Waals surface area contributed by atoms with Gasteiger partial charge in [-0.1, -0.05) is 11.3 Å². The van der Waals surface area contributed by atoms with Crippen LogP contribution in [0.3, 0.4) is 0 Å². The van der Waals surface area contributed by atoms with E-state index >= 15 is 0 Å². The quantitative estimate of drug-likeness (QED) is 0.692. The number of benzene rings is 1. The number of ether oxygens (including phenoxy) is 1. The third-order valence-electron chi connectivity index (χ3n) is 2.86. The van der Waals surface area contributed by atoms with E-state index in [-0.39, 0.29) is 5.78 Å². The van der Waals surface area contributed by atoms with Crippen LogP contribution < -0.4 is 4.74 Å². The summed E-state index contributed by atoms with van der Waals surface area (Å²) < 4.78 is 5.16. The summed E-state index contributed by atoms with van der Waals surface area (Å²) >= 11 is 1.29. The van der Waals surface area contributed by atoms with Crippen molar-refractivity contribution in [2.24, 2.45) is 0 Å². The average Bonchev–Trinajstić information content (AvgIpc) is 3.00. The van der Waals surface area contributed by atoms with Gasteiger partial charge in [0.1, 0.15) is 16.8 Å². The lowest BCUT2D eigenvalue weighted by Crippen LogP contribution is -1.97. The van der Waals surface area contributed by atoms with Crippen molar-refractivity contribution in [3.63, 3.8) is 0 Å². The molecular weight excluding hydrogens is 276 g/mol. The number of ketones is 1. The first-order valence-electron chi connectivity index (χ1n) is 5.98. The van der Waals surface area contributed by atoms with Gasteiger partial charge in [-0.2, -0.15) is 0 Å². The Morgan fingerprint density at radius 3 is 2.70 bits per heavy atom. The molecule has 1 aromatic carbocycles. The molecule has 0 fully saturated rings. The second-order valence-electron chi connectivity index (χ2n) is 4.31. The van der Waals surface area contributed by atoms with Crippen molar-refractivity contribution in [2.75, 3.05) is 7.11 Å². The zero-order chi connectivity index (χ0) is 14.3. The number of aromatic nitrogens is 4. The lowest BCUT2D eigenvalue weighted by atomic mass is 10.3. The predicted octanol–water partition coefficient (Wildman–Crippen LogP) is 2.40. The number of nitrogens with zero attached hydrogens (tertiary/aromatic N) is 4. The highest BCUT2D eigenvalue weighted by atomic mass is 32.1. The number of hydrogen-bond donors (Lipinski definition) is 0. The maximum absolute atomic E-state index is 11.5. The van der Waals surface area contributed by atoms with E-state index in [9.17, 15) is 4.79 Å². The molecule has 0 saturated heterocycles. The summed E-state index contributed by atoms with van der Waals surface area (Å²) in [6.07, 6.45) is 0. The summed E-state index contributed by atoms with van der Waals surface area (Å²) in [4.78, 5) is 17.9. The Morgan fingerprint density at radius 2 is 2.05 bits per heavy atom. The van der Waals surface area contributed by atoms with Gasteiger partial charge in [-0.25, -0.2) is 4.98 Å². The molecule has 0 spiro atoms. The lowest BCUT2D eigenvalue weighted by Gasteiger charge is -1.95. The topological polar surface area (TPSA) is 69.9 Å². The number of carbonyl (C=O) groups is 1. The van der Waals surface area contributed by atoms with Gasteiger partial charge in [0.05, 0.1) is 17.7 Å². The third-order valence-corrected chi connectivity index (χ3v) is 4.09. The molecule has 0 amide bonds. The number of rotatable bonds is 3. The monoisotopic (exact) mass is 288 g/mol. The number of methoxy groups -OCH3 is 1. The predicted molar refractivity (Wildman–Crippen MR) is 75.8 cm³/mol. The first kappa shape index (κ1) is 12.7. The molecule has 2 heterocycles. The summed E-state index contributed by atoms with van der Waals surface area (Å²) in [5.74, 6) is 0.730. The maximum Gasteiger partial charge on any atom is 0.230 e. The van der Waals surface area contributed by atoms with Crippen molar-refractivity contribution >= 4 is 28.2 Å². The van der Waals surface area contributed by atoms with E-state index in [4.69, 9.17) is 4.74 Å². The van der Waals surface area contributed by atoms with E-state index in [1.165, 1.54) is 23.1 Å². The number of Topliss-reactive ketones (excluding diaryl/α,β-unsaturated/α-hetero) is 1. The summed E-state index contributed by atoms with van der Waals surface area (Å²) in [7, 11) is 1.61. The Kier molecular flexibility index (Phi) is 2.98. The highest BCUT2D eigenvalue weighted by Gasteiger charge is 2.15. The molecule has 3 rings (SSSR count). The molecule has 0 aliphatic carbocycles. The zero-order valence-corrected chi connectivity index (χ0v) is 12.1. The summed E-state index contributed by atoms with van der Waals surface area (Å²) in [5, 5.41) is 9.31. The Bertz CT molecular complexity index is 806. The van der Waals surface area contributed by atoms with Crippen molar-refractivity contribution in [1.82, 2.24) is 20.0 Å². The first-order valence-corrected chi connectivity index (χ1v) is 6.80. The van der Waals surface area contributed by atoms with Crippen LogP contribution in [0.25, 0.3) is 16.2 Å². The summed E-state index contributed by atoms with van der Waals surface area (Å²) in [6.45, 7) is 3.34. The second-order valence-corrected chi connectivity index (χ2v) is 5.29. The van der Waals surface area contributed by atoms with Crippen molar-refractivity contribution < 1.29 is 9.53 Å². The van der Waals surface area contributed by atoms with E-state index < -0.39 is 0 Å². The van der Waals surface area contributed by atoms with Crippen LogP contribution in [0, 0.1) is 6.92 Å². The van der Waals surface area contributed by atoms with Crippen LogP contribution in [0.2, 0.25) is 0 Å². The van der Waals surface area contributed by atoms with Crippen LogP contribution in [-0.4, -0.2) is 32.9 Å². The van der Waals surface area contributed by atoms with Crippen molar-refractivity contribution in [2.45, 2.75) is 13.8 Å². The largest absolute Gasteiger partial charge is 0.497 e. The van der Waals surface area contributed by atoms with Gasteiger partial charge in [-0.05, 0) is 19.1 Å². The van der Waals surface area contributed by atoms with Gasteiger partial charge in [0, 0.05) is 13.0 Å². The van der Waals surface area contributed by atoms with Crippen LogP contribution in [0.15, 0.2) is 18.2 Å². The molecule has 0 aliphatic heterocycles. The minimum atomic E-state index is 0.00429. The molecule has 0 bridgehead atoms. The van der Waals surface area contributed by atoms with Gasteiger partial charge >= 0.3 is 0 Å². The number of carbonyl (C=O) groups excluding carboxylic acids is 1. The highest BCUT2D eigenvalue weighted by molar-refractivity contribution is 7.16. The number of aryl methyl sites for hydroxylation is 1. The van der Waals surface area contributed by atoms with E-state index in [0.717, 1.165) is 16.8 Å². The Hall–Kier alpha value is -2.28. The van der Waals surface area contributed by atoms with Gasteiger partial charge in [0.15, 0.2) is 5.78 Å². The van der Waals surface area contributed by atoms with E-state index in [2.05, 4.69) is 15.2 Å². The van der Waals surface area contributed by atoms with Crippen LogP contribution in [0.1, 0.15) is 22.3 Å². The van der Waals surface area contributed by atoms with E-state index in [1.54, 1.807) is 7.11 Å². The summed E-state index contributed by atoms with van der Waals surface area (Å²) in [6, 6.07) is 5.48. The Labute approximate surface area is 119 Å². The SMILES string of the molecule is COc1ccc2nn(-c3nc(C)c(C(C)=O)s3)nc2c1. The van der Waals surface area contributed by atoms with Crippen LogP contribution in [0.4, 0.5) is 0 Å². The van der Waals surface area contributed by atoms with Crippen molar-refractivity contribution in [3.05, 3.63) is 28.8 Å². The number of thiazole rings is 1. The smallest absolute Gasteiger partial charge is 0.230 e. The Morgan fingerprint density at radius 1 is 1.30 bits per heavy atom. The minimum absolute atomic E-state index is 0.00429. The van der Waals surface area contributed by atoms with Crippen LogP contribution in [0.5, 0.6) is 5.75 Å². The number of hydrogen-bond acceptors (Lipinski definition) is 6. The fourth-order valence-corrected chi connectivity index (χ4v) is 2.77. The molecule has 3 aromatic rings. The average molecular weight is 288 g/mol. The van der Waals surface area contributed by atoms with E-state index in [1.807, 2.05) is 25.1 Å². The molecular formula is C13H12N4O2S. The normalized spacial score (nSPS) is 10.9. The highest BCUT2D eigenvalue weighted by Crippen LogP contribution is 2.23. The molecule has 2 aromatic heterocycles. The first-order chi connectivity index (χ1) is 9.58. The molecule has 102 valence electrons. The summed E-state index contributed by atoms with van der Waals surface area (Å²) in [5.41, 5.74) is 2.18. The van der Waals surface area contributed by atoms with Gasteiger partial charge in [-0.15, -0.1) is 15.0 Å². The maximum atomic E-state index is 11.5. The number of fused-ring (bicyclic) bond motifs is 1. The minimum Gasteiger partial charge on any atom is -0.497 e. The van der Waals surface area contributed by atoms with Gasteiger partial charge in [0.2, 0.25) is 5.13 Å². The lowest BCUT2D eigenvalue weighted by molar-refractivity contribution is 0.102. The molecule has 0 saturated carbocycles. The van der Waals surface area contributed by atoms with Gasteiger partial charge in [-0.3, -0.25) is 4.79 Å². The van der Waals surface area contributed by atoms with Crippen molar-refractivity contribution in [3.8, 4) is 10.9 Å². The fourth-order valence-electron chi connectivity index (χ4n) is 1.90. The Balaban J connectivity index is 2.10. The molecule has 0 atom stereocenters. The van der Waals surface area contributed by atoms with Gasteiger partial charge < -0.3 is 4.74 Å². The van der Waals surface area contributed by atoms with Gasteiger partial charge in [0.25, 0.3) is 0 Å². The molecule has 0 N–H and O–H groups in total. The van der Waals surface area contributed by atoms with Crippen LogP contribution >= 0.6 is 11.3 Å². The second kappa shape index (κ2) is 4.68. The molecule has 6 nitrogen and oxygen atoms in total.